The molecule has 0 aromatic carbocycles. The van der Waals surface area contributed by atoms with Gasteiger partial charge in [-0.1, -0.05) is 6.92 Å². The number of hydrazine groups is 1. The van der Waals surface area contributed by atoms with Crippen molar-refractivity contribution in [1.82, 2.24) is 19.7 Å². The van der Waals surface area contributed by atoms with Crippen LogP contribution in [0, 0.1) is 13.8 Å². The molecule has 6 heteroatoms. The van der Waals surface area contributed by atoms with E-state index in [0.29, 0.717) is 5.82 Å². The van der Waals surface area contributed by atoms with Gasteiger partial charge in [0.1, 0.15) is 11.6 Å². The lowest BCUT2D eigenvalue weighted by Gasteiger charge is -2.11. The third-order valence-electron chi connectivity index (χ3n) is 2.71. The van der Waals surface area contributed by atoms with Gasteiger partial charge in [-0.25, -0.2) is 20.5 Å². The maximum Gasteiger partial charge on any atom is 0.162 e. The van der Waals surface area contributed by atoms with Crippen LogP contribution < -0.4 is 11.3 Å². The minimum Gasteiger partial charge on any atom is -0.308 e. The van der Waals surface area contributed by atoms with Gasteiger partial charge in [0.25, 0.3) is 0 Å². The first kappa shape index (κ1) is 12.5. The lowest BCUT2D eigenvalue weighted by molar-refractivity contribution is 0.777. The number of nitrogens with one attached hydrogen (secondary N) is 1. The van der Waals surface area contributed by atoms with Crippen LogP contribution in [-0.2, 0) is 6.42 Å². The Hall–Kier alpha value is -1.95. The molecule has 0 fully saturated rings. The third kappa shape index (κ3) is 2.33. The van der Waals surface area contributed by atoms with Crippen molar-refractivity contribution in [2.75, 3.05) is 5.43 Å². The van der Waals surface area contributed by atoms with Crippen molar-refractivity contribution >= 4 is 5.82 Å². The molecule has 6 nitrogen and oxygen atoms in total. The Balaban J connectivity index is 2.54. The molecule has 2 rings (SSSR count). The van der Waals surface area contributed by atoms with Gasteiger partial charge in [0, 0.05) is 18.2 Å². The fourth-order valence-electron chi connectivity index (χ4n) is 1.78. The van der Waals surface area contributed by atoms with E-state index < -0.39 is 0 Å². The van der Waals surface area contributed by atoms with Crippen molar-refractivity contribution < 1.29 is 0 Å². The molecular weight excluding hydrogens is 228 g/mol. The molecular formula is C12H18N6. The smallest absolute Gasteiger partial charge is 0.162 e. The maximum absolute atomic E-state index is 5.50. The van der Waals surface area contributed by atoms with Gasteiger partial charge in [-0.15, -0.1) is 0 Å². The number of hydrogen-bond donors (Lipinski definition) is 2. The van der Waals surface area contributed by atoms with Crippen LogP contribution in [0.4, 0.5) is 5.82 Å². The summed E-state index contributed by atoms with van der Waals surface area (Å²) in [5, 5.41) is 4.28. The summed E-state index contributed by atoms with van der Waals surface area (Å²) in [5.74, 6) is 7.70. The summed E-state index contributed by atoms with van der Waals surface area (Å²) in [6.45, 7) is 6.02. The molecule has 0 aliphatic heterocycles. The van der Waals surface area contributed by atoms with Crippen LogP contribution in [0.1, 0.15) is 30.3 Å². The average Bonchev–Trinajstić information content (AvgIpc) is 2.78. The molecule has 2 aromatic heterocycles. The Kier molecular flexibility index (Phi) is 3.57. The number of rotatable bonds is 4. The summed E-state index contributed by atoms with van der Waals surface area (Å²) in [6, 6.07) is 0. The van der Waals surface area contributed by atoms with Gasteiger partial charge in [0.2, 0.25) is 0 Å². The minimum atomic E-state index is 0.650. The second-order valence-electron chi connectivity index (χ2n) is 4.29. The molecule has 0 amide bonds. The highest BCUT2D eigenvalue weighted by atomic mass is 15.3. The topological polar surface area (TPSA) is 81.6 Å². The molecule has 0 radical (unpaired) electrons. The maximum atomic E-state index is 5.50. The summed E-state index contributed by atoms with van der Waals surface area (Å²) in [5.41, 5.74) is 4.60. The Morgan fingerprint density at radius 2 is 2.11 bits per heavy atom. The summed E-state index contributed by atoms with van der Waals surface area (Å²) in [4.78, 5) is 8.93. The van der Waals surface area contributed by atoms with Gasteiger partial charge in [-0.05, 0) is 25.8 Å². The monoisotopic (exact) mass is 246 g/mol. The summed E-state index contributed by atoms with van der Waals surface area (Å²) in [6.07, 6.45) is 5.55. The van der Waals surface area contributed by atoms with E-state index in [-0.39, 0.29) is 0 Å². The number of anilines is 1. The van der Waals surface area contributed by atoms with E-state index in [1.165, 1.54) is 0 Å². The van der Waals surface area contributed by atoms with E-state index in [0.717, 1.165) is 35.6 Å². The van der Waals surface area contributed by atoms with E-state index in [1.54, 1.807) is 10.9 Å². The Bertz CT molecular complexity index is 545. The zero-order chi connectivity index (χ0) is 13.1. The quantitative estimate of drug-likeness (QED) is 0.631. The highest BCUT2D eigenvalue weighted by Gasteiger charge is 2.12. The van der Waals surface area contributed by atoms with E-state index in [1.807, 2.05) is 20.0 Å². The number of nitrogens with zero attached hydrogens (tertiary/aromatic N) is 4. The lowest BCUT2D eigenvalue weighted by atomic mass is 10.2. The predicted molar refractivity (Wildman–Crippen MR) is 70.4 cm³/mol. The number of aryl methyl sites for hydroxylation is 2. The average molecular weight is 246 g/mol. The van der Waals surface area contributed by atoms with Gasteiger partial charge in [-0.2, -0.15) is 5.10 Å². The first-order valence-electron chi connectivity index (χ1n) is 6.01. The second kappa shape index (κ2) is 5.14. The molecule has 0 saturated carbocycles. The van der Waals surface area contributed by atoms with Crippen LogP contribution >= 0.6 is 0 Å². The highest BCUT2D eigenvalue weighted by molar-refractivity contribution is 5.50. The SMILES string of the molecule is CCCc1nc(NN)c(C)c(-n2cc(C)cn2)n1. The van der Waals surface area contributed by atoms with Crippen LogP contribution in [0.5, 0.6) is 0 Å². The van der Waals surface area contributed by atoms with E-state index in [4.69, 9.17) is 5.84 Å². The standard InChI is InChI=1S/C12H18N6/c1-4-5-10-15-11(17-13)9(3)12(16-10)18-7-8(2)6-14-18/h6-7H,4-5,13H2,1-3H3,(H,15,16,17). The molecule has 2 aromatic rings. The zero-order valence-electron chi connectivity index (χ0n) is 10.9. The van der Waals surface area contributed by atoms with Crippen molar-refractivity contribution in [2.24, 2.45) is 5.84 Å². The van der Waals surface area contributed by atoms with Crippen LogP contribution in [0.25, 0.3) is 5.82 Å². The molecule has 0 saturated heterocycles. The molecule has 3 N–H and O–H groups in total. The molecule has 0 bridgehead atoms. The molecule has 2 heterocycles. The van der Waals surface area contributed by atoms with E-state index >= 15 is 0 Å². The summed E-state index contributed by atoms with van der Waals surface area (Å²) < 4.78 is 1.76. The normalized spacial score (nSPS) is 10.7. The molecule has 0 atom stereocenters. The first-order valence-corrected chi connectivity index (χ1v) is 6.01. The Morgan fingerprint density at radius 1 is 1.33 bits per heavy atom. The van der Waals surface area contributed by atoms with Crippen molar-refractivity contribution in [3.8, 4) is 5.82 Å². The van der Waals surface area contributed by atoms with Crippen molar-refractivity contribution in [3.63, 3.8) is 0 Å². The predicted octanol–water partition coefficient (Wildman–Crippen LogP) is 1.52. The molecule has 18 heavy (non-hydrogen) atoms. The Morgan fingerprint density at radius 3 is 2.67 bits per heavy atom. The van der Waals surface area contributed by atoms with E-state index in [9.17, 15) is 0 Å². The molecule has 0 unspecified atom stereocenters. The Labute approximate surface area is 106 Å². The summed E-state index contributed by atoms with van der Waals surface area (Å²) >= 11 is 0. The van der Waals surface area contributed by atoms with Crippen molar-refractivity contribution in [1.29, 1.82) is 0 Å². The third-order valence-corrected chi connectivity index (χ3v) is 2.71. The van der Waals surface area contributed by atoms with Crippen LogP contribution in [0.15, 0.2) is 12.4 Å². The second-order valence-corrected chi connectivity index (χ2v) is 4.29. The van der Waals surface area contributed by atoms with Crippen molar-refractivity contribution in [2.45, 2.75) is 33.6 Å². The van der Waals surface area contributed by atoms with Crippen LogP contribution in [-0.4, -0.2) is 19.7 Å². The van der Waals surface area contributed by atoms with Crippen LogP contribution in [0.2, 0.25) is 0 Å². The largest absolute Gasteiger partial charge is 0.308 e. The van der Waals surface area contributed by atoms with Gasteiger partial charge < -0.3 is 5.43 Å². The molecule has 96 valence electrons. The van der Waals surface area contributed by atoms with Gasteiger partial charge in [0.05, 0.1) is 6.20 Å². The first-order chi connectivity index (χ1) is 8.65. The molecule has 0 aliphatic carbocycles. The van der Waals surface area contributed by atoms with E-state index in [2.05, 4.69) is 27.4 Å². The van der Waals surface area contributed by atoms with Gasteiger partial charge >= 0.3 is 0 Å². The number of aromatic nitrogens is 4. The molecule has 0 aliphatic rings. The van der Waals surface area contributed by atoms with Gasteiger partial charge in [-0.3, -0.25) is 0 Å². The van der Waals surface area contributed by atoms with Crippen molar-refractivity contribution in [3.05, 3.63) is 29.3 Å². The fraction of sp³-hybridized carbons (Fsp3) is 0.417. The number of hydrogen-bond acceptors (Lipinski definition) is 5. The molecule has 0 spiro atoms. The number of nitrogen functional groups attached to an aromatic ring is 1. The number of nitrogens with two attached hydrogens (primary N) is 1. The highest BCUT2D eigenvalue weighted by Crippen LogP contribution is 2.18. The van der Waals surface area contributed by atoms with Gasteiger partial charge in [0.15, 0.2) is 5.82 Å². The van der Waals surface area contributed by atoms with Crippen LogP contribution in [0.3, 0.4) is 0 Å². The minimum absolute atomic E-state index is 0.650. The zero-order valence-corrected chi connectivity index (χ0v) is 10.9. The lowest BCUT2D eigenvalue weighted by Crippen LogP contribution is -2.15. The fourth-order valence-corrected chi connectivity index (χ4v) is 1.78. The summed E-state index contributed by atoms with van der Waals surface area (Å²) in [7, 11) is 0.